The molecule has 0 bridgehead atoms. The van der Waals surface area contributed by atoms with E-state index in [9.17, 15) is 14.9 Å². The number of methoxy groups -OCH3 is 1. The fourth-order valence-corrected chi connectivity index (χ4v) is 3.76. The average Bonchev–Trinajstić information content (AvgIpc) is 3.44. The molecule has 8 heteroatoms. The van der Waals surface area contributed by atoms with Gasteiger partial charge in [-0.15, -0.1) is 0 Å². The zero-order valence-electron chi connectivity index (χ0n) is 19.0. The first kappa shape index (κ1) is 22.7. The van der Waals surface area contributed by atoms with Gasteiger partial charge in [-0.1, -0.05) is 12.1 Å². The van der Waals surface area contributed by atoms with E-state index in [0.717, 1.165) is 11.4 Å². The number of hydrogen-bond donors (Lipinski definition) is 0. The van der Waals surface area contributed by atoms with Crippen LogP contribution in [-0.2, 0) is 9.53 Å². The zero-order chi connectivity index (χ0) is 24.2. The molecule has 1 aliphatic heterocycles. The number of hydrogen-bond acceptors (Lipinski definition) is 7. The average molecular weight is 458 g/mol. The molecule has 1 aliphatic rings. The predicted molar refractivity (Wildman–Crippen MR) is 123 cm³/mol. The molecule has 2 heterocycles. The Bertz CT molecular complexity index is 1330. The van der Waals surface area contributed by atoms with Crippen LogP contribution in [0.5, 0.6) is 17.2 Å². The molecule has 2 aromatic carbocycles. The van der Waals surface area contributed by atoms with Crippen LogP contribution in [0.1, 0.15) is 27.3 Å². The third-order valence-electron chi connectivity index (χ3n) is 5.45. The van der Waals surface area contributed by atoms with Gasteiger partial charge in [-0.05, 0) is 55.8 Å². The summed E-state index contributed by atoms with van der Waals surface area (Å²) in [6, 6.07) is 16.0. The van der Waals surface area contributed by atoms with E-state index in [2.05, 4.69) is 0 Å². The number of rotatable bonds is 7. The normalized spacial score (nSPS) is 12.2. The molecule has 0 saturated carbocycles. The van der Waals surface area contributed by atoms with E-state index in [-0.39, 0.29) is 18.1 Å². The van der Waals surface area contributed by atoms with Crippen molar-refractivity contribution >= 4 is 17.8 Å². The van der Waals surface area contributed by atoms with Crippen LogP contribution in [-0.4, -0.2) is 36.8 Å². The van der Waals surface area contributed by atoms with Gasteiger partial charge in [0.05, 0.1) is 7.11 Å². The quantitative estimate of drug-likeness (QED) is 0.227. The van der Waals surface area contributed by atoms with E-state index < -0.39 is 12.6 Å². The highest BCUT2D eigenvalue weighted by molar-refractivity contribution is 6.02. The maximum atomic E-state index is 12.8. The first-order chi connectivity index (χ1) is 16.4. The third-order valence-corrected chi connectivity index (χ3v) is 5.45. The highest BCUT2D eigenvalue weighted by Gasteiger charge is 2.21. The van der Waals surface area contributed by atoms with Crippen LogP contribution >= 0.6 is 0 Å². The third kappa shape index (κ3) is 4.50. The van der Waals surface area contributed by atoms with Gasteiger partial charge in [-0.2, -0.15) is 5.26 Å². The van der Waals surface area contributed by atoms with Crippen LogP contribution in [0.3, 0.4) is 0 Å². The standard InChI is InChI=1S/C26H22N2O6/c1-16-10-22(17(2)28(16)20-6-9-24-25(12-20)34-15-33-24)23(29)14-32-26(30)19(13-27)11-18-4-7-21(31-3)8-5-18/h4-12H,14-15H2,1-3H3/b19-11+. The molecular formula is C26H22N2O6. The number of fused-ring (bicyclic) bond motifs is 1. The lowest BCUT2D eigenvalue weighted by molar-refractivity contribution is -0.137. The van der Waals surface area contributed by atoms with Gasteiger partial charge < -0.3 is 23.5 Å². The van der Waals surface area contributed by atoms with Crippen molar-refractivity contribution in [1.82, 2.24) is 4.57 Å². The van der Waals surface area contributed by atoms with Gasteiger partial charge in [0, 0.05) is 28.7 Å². The Hall–Kier alpha value is -4.51. The molecule has 0 unspecified atom stereocenters. The molecule has 172 valence electrons. The Kier molecular flexibility index (Phi) is 6.37. The van der Waals surface area contributed by atoms with Crippen LogP contribution < -0.4 is 14.2 Å². The van der Waals surface area contributed by atoms with Gasteiger partial charge in [0.15, 0.2) is 18.1 Å². The summed E-state index contributed by atoms with van der Waals surface area (Å²) in [5.74, 6) is 0.735. The fourth-order valence-electron chi connectivity index (χ4n) is 3.76. The second-order valence-electron chi connectivity index (χ2n) is 7.60. The number of carbonyl (C=O) groups is 2. The monoisotopic (exact) mass is 458 g/mol. The lowest BCUT2D eigenvalue weighted by Crippen LogP contribution is -2.15. The number of nitrogens with zero attached hydrogens (tertiary/aromatic N) is 2. The SMILES string of the molecule is COc1ccc(/C=C(\C#N)C(=O)OCC(=O)c2cc(C)n(-c3ccc4c(c3)OCO4)c2C)cc1. The lowest BCUT2D eigenvalue weighted by Gasteiger charge is -2.11. The lowest BCUT2D eigenvalue weighted by atomic mass is 10.1. The zero-order valence-corrected chi connectivity index (χ0v) is 19.0. The summed E-state index contributed by atoms with van der Waals surface area (Å²) in [5.41, 5.74) is 3.22. The number of nitriles is 1. The summed E-state index contributed by atoms with van der Waals surface area (Å²) in [6.07, 6.45) is 1.40. The van der Waals surface area contributed by atoms with E-state index in [1.54, 1.807) is 37.4 Å². The summed E-state index contributed by atoms with van der Waals surface area (Å²) >= 11 is 0. The highest BCUT2D eigenvalue weighted by atomic mass is 16.7. The van der Waals surface area contributed by atoms with Crippen molar-refractivity contribution in [3.8, 4) is 29.0 Å². The van der Waals surface area contributed by atoms with Crippen molar-refractivity contribution in [3.63, 3.8) is 0 Å². The molecule has 0 radical (unpaired) electrons. The van der Waals surface area contributed by atoms with E-state index in [4.69, 9.17) is 18.9 Å². The molecule has 0 saturated heterocycles. The van der Waals surface area contributed by atoms with Crippen LogP contribution in [0, 0.1) is 25.2 Å². The first-order valence-electron chi connectivity index (χ1n) is 10.5. The molecule has 34 heavy (non-hydrogen) atoms. The Morgan fingerprint density at radius 3 is 2.53 bits per heavy atom. The molecule has 4 rings (SSSR count). The Morgan fingerprint density at radius 2 is 1.82 bits per heavy atom. The van der Waals surface area contributed by atoms with E-state index in [0.29, 0.717) is 34.1 Å². The second kappa shape index (κ2) is 9.55. The van der Waals surface area contributed by atoms with Gasteiger partial charge in [0.2, 0.25) is 12.6 Å². The molecule has 0 N–H and O–H groups in total. The number of ketones is 1. The molecule has 8 nitrogen and oxygen atoms in total. The first-order valence-corrected chi connectivity index (χ1v) is 10.5. The summed E-state index contributed by atoms with van der Waals surface area (Å²) in [5, 5.41) is 9.37. The van der Waals surface area contributed by atoms with Crippen molar-refractivity contribution in [2.24, 2.45) is 0 Å². The number of ether oxygens (including phenoxy) is 4. The fraction of sp³-hybridized carbons (Fsp3) is 0.192. The van der Waals surface area contributed by atoms with Crippen molar-refractivity contribution in [2.45, 2.75) is 13.8 Å². The van der Waals surface area contributed by atoms with Crippen molar-refractivity contribution < 1.29 is 28.5 Å². The molecule has 0 fully saturated rings. The summed E-state index contributed by atoms with van der Waals surface area (Å²) in [6.45, 7) is 3.39. The number of Topliss-reactive ketones (excluding diaryl/α,β-unsaturated/α-hetero) is 1. The van der Waals surface area contributed by atoms with E-state index in [1.807, 2.05) is 42.7 Å². The van der Waals surface area contributed by atoms with Crippen LogP contribution in [0.4, 0.5) is 0 Å². The topological polar surface area (TPSA) is 99.8 Å². The second-order valence-corrected chi connectivity index (χ2v) is 7.60. The Balaban J connectivity index is 1.47. The molecule has 1 aromatic heterocycles. The minimum Gasteiger partial charge on any atom is -0.497 e. The smallest absolute Gasteiger partial charge is 0.349 e. The molecular weight excluding hydrogens is 436 g/mol. The number of esters is 1. The van der Waals surface area contributed by atoms with Gasteiger partial charge >= 0.3 is 5.97 Å². The minimum atomic E-state index is -0.865. The van der Waals surface area contributed by atoms with Crippen LogP contribution in [0.25, 0.3) is 11.8 Å². The predicted octanol–water partition coefficient (Wildman–Crippen LogP) is 4.16. The van der Waals surface area contributed by atoms with E-state index >= 15 is 0 Å². The number of aryl methyl sites for hydroxylation is 1. The van der Waals surface area contributed by atoms with E-state index in [1.165, 1.54) is 6.08 Å². The van der Waals surface area contributed by atoms with Crippen LogP contribution in [0.15, 0.2) is 54.1 Å². The summed E-state index contributed by atoms with van der Waals surface area (Å²) in [4.78, 5) is 25.2. The highest BCUT2D eigenvalue weighted by Crippen LogP contribution is 2.35. The van der Waals surface area contributed by atoms with Gasteiger partial charge in [-0.25, -0.2) is 4.79 Å². The maximum absolute atomic E-state index is 12.8. The van der Waals surface area contributed by atoms with Gasteiger partial charge in [0.1, 0.15) is 17.4 Å². The van der Waals surface area contributed by atoms with Crippen molar-refractivity contribution in [3.05, 3.63) is 76.6 Å². The van der Waals surface area contributed by atoms with Crippen molar-refractivity contribution in [1.29, 1.82) is 5.26 Å². The Morgan fingerprint density at radius 1 is 1.09 bits per heavy atom. The van der Waals surface area contributed by atoms with Crippen molar-refractivity contribution in [2.75, 3.05) is 20.5 Å². The molecule has 0 amide bonds. The minimum absolute atomic E-state index is 0.176. The number of carbonyl (C=O) groups excluding carboxylic acids is 2. The van der Waals surface area contributed by atoms with Gasteiger partial charge in [-0.3, -0.25) is 4.79 Å². The largest absolute Gasteiger partial charge is 0.497 e. The molecule has 0 spiro atoms. The van der Waals surface area contributed by atoms with Gasteiger partial charge in [0.25, 0.3) is 0 Å². The molecule has 0 aliphatic carbocycles. The summed E-state index contributed by atoms with van der Waals surface area (Å²) < 4.78 is 23.0. The number of aromatic nitrogens is 1. The maximum Gasteiger partial charge on any atom is 0.349 e. The van der Waals surface area contributed by atoms with Crippen LogP contribution in [0.2, 0.25) is 0 Å². The summed E-state index contributed by atoms with van der Waals surface area (Å²) in [7, 11) is 1.55. The molecule has 3 aromatic rings. The molecule has 0 atom stereocenters. The Labute approximate surface area is 196 Å². The number of benzene rings is 2.